The van der Waals surface area contributed by atoms with Crippen molar-refractivity contribution in [1.29, 1.82) is 0 Å². The molecule has 0 radical (unpaired) electrons. The average Bonchev–Trinajstić information content (AvgIpc) is 3.31. The number of nitrogens with one attached hydrogen (secondary N) is 1. The number of benzene rings is 1. The van der Waals surface area contributed by atoms with Crippen molar-refractivity contribution in [3.8, 4) is 11.3 Å². The summed E-state index contributed by atoms with van der Waals surface area (Å²) in [6.45, 7) is 1.00. The van der Waals surface area contributed by atoms with Crippen LogP contribution in [0.4, 0.5) is 27.6 Å². The third kappa shape index (κ3) is 4.58. The van der Waals surface area contributed by atoms with E-state index in [-0.39, 0.29) is 38.7 Å². The molecule has 0 atom stereocenters. The van der Waals surface area contributed by atoms with Crippen LogP contribution in [0, 0.1) is 6.92 Å². The smallest absolute Gasteiger partial charge is 0.323 e. The van der Waals surface area contributed by atoms with E-state index in [1.54, 1.807) is 13.2 Å². The summed E-state index contributed by atoms with van der Waals surface area (Å²) in [6, 6.07) is 3.76. The fraction of sp³-hybridized carbons (Fsp3) is 0.238. The molecule has 1 amide bonds. The number of rotatable bonds is 5. The van der Waals surface area contributed by atoms with E-state index in [0.29, 0.717) is 11.6 Å². The first-order valence-electron chi connectivity index (χ1n) is 9.76. The van der Waals surface area contributed by atoms with E-state index in [1.807, 2.05) is 0 Å². The summed E-state index contributed by atoms with van der Waals surface area (Å²) in [5.74, 6) is -0.766. The SMILES string of the molecule is Cc1nn(CC(=O)Nc2cc(C(F)(F)F)ccc2Cl)c2nc(-c3cnn(C)c3)cc(C(F)F)c12. The van der Waals surface area contributed by atoms with Gasteiger partial charge in [0.2, 0.25) is 5.91 Å². The van der Waals surface area contributed by atoms with Gasteiger partial charge in [0, 0.05) is 24.4 Å². The zero-order valence-corrected chi connectivity index (χ0v) is 18.4. The quantitative estimate of drug-likeness (QED) is 0.374. The van der Waals surface area contributed by atoms with E-state index in [0.717, 1.165) is 16.8 Å². The summed E-state index contributed by atoms with van der Waals surface area (Å²) in [6.07, 6.45) is -4.41. The number of amides is 1. The number of nitrogens with zero attached hydrogens (tertiary/aromatic N) is 5. The highest BCUT2D eigenvalue weighted by molar-refractivity contribution is 6.33. The van der Waals surface area contributed by atoms with E-state index >= 15 is 0 Å². The van der Waals surface area contributed by atoms with Gasteiger partial charge in [-0.1, -0.05) is 11.6 Å². The van der Waals surface area contributed by atoms with Gasteiger partial charge in [0.15, 0.2) is 5.65 Å². The Morgan fingerprint density at radius 3 is 2.59 bits per heavy atom. The Hall–Kier alpha value is -3.54. The van der Waals surface area contributed by atoms with Crippen LogP contribution >= 0.6 is 11.6 Å². The summed E-state index contributed by atoms with van der Waals surface area (Å²) in [5, 5.41) is 10.5. The molecule has 0 fully saturated rings. The number of carbonyl (C=O) groups excluding carboxylic acids is 1. The second-order valence-corrected chi connectivity index (χ2v) is 7.89. The van der Waals surface area contributed by atoms with E-state index < -0.39 is 30.6 Å². The fourth-order valence-electron chi connectivity index (χ4n) is 3.49. The summed E-state index contributed by atoms with van der Waals surface area (Å²) in [4.78, 5) is 17.0. The number of hydrogen-bond donors (Lipinski definition) is 1. The minimum atomic E-state index is -4.63. The number of carbonyl (C=O) groups is 1. The third-order valence-electron chi connectivity index (χ3n) is 5.00. The van der Waals surface area contributed by atoms with E-state index in [4.69, 9.17) is 11.6 Å². The van der Waals surface area contributed by atoms with Gasteiger partial charge in [0.05, 0.1) is 39.2 Å². The van der Waals surface area contributed by atoms with Crippen LogP contribution in [-0.2, 0) is 24.6 Å². The van der Waals surface area contributed by atoms with Crippen LogP contribution < -0.4 is 5.32 Å². The van der Waals surface area contributed by atoms with Crippen molar-refractivity contribution in [2.75, 3.05) is 5.32 Å². The van der Waals surface area contributed by atoms with Gasteiger partial charge in [0.25, 0.3) is 6.43 Å². The number of fused-ring (bicyclic) bond motifs is 1. The molecule has 0 aliphatic heterocycles. The first kappa shape index (κ1) is 23.6. The van der Waals surface area contributed by atoms with Crippen LogP contribution in [-0.4, -0.2) is 30.5 Å². The molecule has 7 nitrogen and oxygen atoms in total. The molecule has 4 rings (SSSR count). The summed E-state index contributed by atoms with van der Waals surface area (Å²) in [7, 11) is 1.66. The number of aromatic nitrogens is 5. The molecule has 34 heavy (non-hydrogen) atoms. The lowest BCUT2D eigenvalue weighted by molar-refractivity contribution is -0.137. The fourth-order valence-corrected chi connectivity index (χ4v) is 3.66. The lowest BCUT2D eigenvalue weighted by Gasteiger charge is -2.12. The van der Waals surface area contributed by atoms with Crippen molar-refractivity contribution in [2.24, 2.45) is 7.05 Å². The monoisotopic (exact) mass is 498 g/mol. The Balaban J connectivity index is 1.71. The highest BCUT2D eigenvalue weighted by Gasteiger charge is 2.31. The molecule has 1 N–H and O–H groups in total. The molecule has 0 spiro atoms. The summed E-state index contributed by atoms with van der Waals surface area (Å²) in [5.41, 5.74) is -0.604. The molecule has 1 aromatic carbocycles. The average molecular weight is 499 g/mol. The summed E-state index contributed by atoms with van der Waals surface area (Å²) < 4.78 is 69.3. The normalized spacial score (nSPS) is 12.0. The molecule has 0 unspecified atom stereocenters. The second kappa shape index (κ2) is 8.67. The number of halogens is 6. The predicted molar refractivity (Wildman–Crippen MR) is 115 cm³/mol. The first-order valence-corrected chi connectivity index (χ1v) is 10.1. The molecular weight excluding hydrogens is 483 g/mol. The van der Waals surface area contributed by atoms with Crippen LogP contribution in [0.15, 0.2) is 36.7 Å². The number of hydrogen-bond acceptors (Lipinski definition) is 4. The van der Waals surface area contributed by atoms with Crippen molar-refractivity contribution >= 4 is 34.2 Å². The van der Waals surface area contributed by atoms with Gasteiger partial charge < -0.3 is 5.32 Å². The molecule has 0 saturated heterocycles. The van der Waals surface area contributed by atoms with Crippen LogP contribution in [0.5, 0.6) is 0 Å². The molecule has 0 aliphatic carbocycles. The molecular formula is C21H16ClF5N6O. The first-order chi connectivity index (χ1) is 15.9. The minimum absolute atomic E-state index is 0.0273. The molecule has 0 aliphatic rings. The Bertz CT molecular complexity index is 1390. The molecule has 3 aromatic heterocycles. The Labute approximate surface area is 194 Å². The van der Waals surface area contributed by atoms with Crippen LogP contribution in [0.3, 0.4) is 0 Å². The predicted octanol–water partition coefficient (Wildman–Crippen LogP) is 5.39. The van der Waals surface area contributed by atoms with Crippen LogP contribution in [0.2, 0.25) is 5.02 Å². The van der Waals surface area contributed by atoms with Crippen molar-refractivity contribution in [2.45, 2.75) is 26.1 Å². The van der Waals surface area contributed by atoms with Gasteiger partial charge in [0.1, 0.15) is 6.54 Å². The topological polar surface area (TPSA) is 77.6 Å². The standard InChI is InChI=1S/C21H16ClF5N6O/c1-10-18-13(19(23)24)6-15(11-7-28-32(2)8-11)30-20(18)33(31-10)9-17(34)29-16-5-12(21(25,26)27)3-4-14(16)22/h3-8,19H,9H2,1-2H3,(H,29,34). The maximum absolute atomic E-state index is 13.8. The van der Waals surface area contributed by atoms with Gasteiger partial charge in [-0.05, 0) is 31.2 Å². The number of anilines is 1. The molecule has 13 heteroatoms. The second-order valence-electron chi connectivity index (χ2n) is 7.48. The van der Waals surface area contributed by atoms with Gasteiger partial charge >= 0.3 is 6.18 Å². The molecule has 0 bridgehead atoms. The van der Waals surface area contributed by atoms with E-state index in [2.05, 4.69) is 20.5 Å². The van der Waals surface area contributed by atoms with Gasteiger partial charge in [-0.3, -0.25) is 9.48 Å². The van der Waals surface area contributed by atoms with Crippen LogP contribution in [0.25, 0.3) is 22.3 Å². The Morgan fingerprint density at radius 2 is 1.97 bits per heavy atom. The van der Waals surface area contributed by atoms with Gasteiger partial charge in [-0.15, -0.1) is 0 Å². The van der Waals surface area contributed by atoms with Gasteiger partial charge in [-0.2, -0.15) is 23.4 Å². The molecule has 0 saturated carbocycles. The van der Waals surface area contributed by atoms with E-state index in [9.17, 15) is 26.7 Å². The third-order valence-corrected chi connectivity index (χ3v) is 5.33. The largest absolute Gasteiger partial charge is 0.416 e. The Kier molecular flexibility index (Phi) is 6.02. The number of pyridine rings is 1. The van der Waals surface area contributed by atoms with Crippen molar-refractivity contribution in [3.63, 3.8) is 0 Å². The lowest BCUT2D eigenvalue weighted by atomic mass is 10.1. The zero-order valence-electron chi connectivity index (χ0n) is 17.7. The maximum atomic E-state index is 13.8. The summed E-state index contributed by atoms with van der Waals surface area (Å²) >= 11 is 5.93. The molecule has 3 heterocycles. The highest BCUT2D eigenvalue weighted by atomic mass is 35.5. The van der Waals surface area contributed by atoms with Crippen molar-refractivity contribution < 1.29 is 26.7 Å². The molecule has 178 valence electrons. The Morgan fingerprint density at radius 1 is 1.24 bits per heavy atom. The number of alkyl halides is 5. The maximum Gasteiger partial charge on any atom is 0.416 e. The van der Waals surface area contributed by atoms with Crippen molar-refractivity contribution in [1.82, 2.24) is 24.5 Å². The van der Waals surface area contributed by atoms with Gasteiger partial charge in [-0.25, -0.2) is 18.4 Å². The zero-order chi connectivity index (χ0) is 24.8. The van der Waals surface area contributed by atoms with E-state index in [1.165, 1.54) is 23.9 Å². The highest BCUT2D eigenvalue weighted by Crippen LogP contribution is 2.35. The molecule has 4 aromatic rings. The number of aryl methyl sites for hydroxylation is 2. The minimum Gasteiger partial charge on any atom is -0.323 e. The van der Waals surface area contributed by atoms with Crippen LogP contribution in [0.1, 0.15) is 23.2 Å². The van der Waals surface area contributed by atoms with Crippen molar-refractivity contribution in [3.05, 3.63) is 58.5 Å². The lowest BCUT2D eigenvalue weighted by Crippen LogP contribution is -2.20.